The van der Waals surface area contributed by atoms with Crippen LogP contribution in [-0.4, -0.2) is 19.3 Å². The highest BCUT2D eigenvalue weighted by Crippen LogP contribution is 1.96. The summed E-state index contributed by atoms with van der Waals surface area (Å²) in [5.41, 5.74) is 3.06. The summed E-state index contributed by atoms with van der Waals surface area (Å²) in [4.78, 5) is 0. The molecule has 0 bridgehead atoms. The zero-order chi connectivity index (χ0) is 7.49. The van der Waals surface area contributed by atoms with Gasteiger partial charge in [-0.1, -0.05) is 25.6 Å². The van der Waals surface area contributed by atoms with Crippen LogP contribution in [0.1, 0.15) is 6.92 Å². The van der Waals surface area contributed by atoms with Crippen molar-refractivity contribution in [2.75, 3.05) is 0 Å². The quantitative estimate of drug-likeness (QED) is 0.398. The average Bonchev–Trinajstić information content (AvgIpc) is 1.59. The molecule has 1 nitrogen and oxygen atoms in total. The Kier molecular flexibility index (Phi) is 2.96. The van der Waals surface area contributed by atoms with Crippen LogP contribution in [0.3, 0.4) is 0 Å². The molecule has 52 valence electrons. The molecular weight excluding hydrogens is 128 g/mol. The molecule has 0 amide bonds. The largest absolute Gasteiger partial charge is 0.381 e. The molecular formula is C7H14OSi. The van der Waals surface area contributed by atoms with Gasteiger partial charge in [-0.25, -0.2) is 0 Å². The Morgan fingerprint density at radius 3 is 1.89 bits per heavy atom. The van der Waals surface area contributed by atoms with Crippen molar-refractivity contribution >= 4 is 8.07 Å². The first kappa shape index (κ1) is 8.74. The first-order valence-corrected chi connectivity index (χ1v) is 6.62. The molecule has 0 aliphatic heterocycles. The second kappa shape index (κ2) is 3.05. The minimum absolute atomic E-state index is 0.461. The molecule has 0 aliphatic carbocycles. The molecule has 0 rings (SSSR count). The van der Waals surface area contributed by atoms with Gasteiger partial charge in [0, 0.05) is 0 Å². The molecule has 0 saturated heterocycles. The first-order valence-electron chi connectivity index (χ1n) is 3.12. The van der Waals surface area contributed by atoms with E-state index in [1.807, 2.05) is 0 Å². The van der Waals surface area contributed by atoms with Crippen LogP contribution in [0.4, 0.5) is 0 Å². The lowest BCUT2D eigenvalue weighted by Gasteiger charge is -2.03. The summed E-state index contributed by atoms with van der Waals surface area (Å²) < 4.78 is 0. The maximum Gasteiger partial charge on any atom is 0.129 e. The van der Waals surface area contributed by atoms with E-state index in [0.29, 0.717) is 0 Å². The summed E-state index contributed by atoms with van der Waals surface area (Å²) in [5.74, 6) is 2.75. The molecule has 0 aromatic rings. The van der Waals surface area contributed by atoms with Gasteiger partial charge >= 0.3 is 0 Å². The Hall–Kier alpha value is -0.263. The zero-order valence-electron chi connectivity index (χ0n) is 6.52. The third kappa shape index (κ3) is 7.74. The van der Waals surface area contributed by atoms with Crippen LogP contribution in [0, 0.1) is 11.5 Å². The van der Waals surface area contributed by atoms with Gasteiger partial charge < -0.3 is 5.11 Å². The van der Waals surface area contributed by atoms with Crippen LogP contribution in [0.15, 0.2) is 0 Å². The Morgan fingerprint density at radius 1 is 1.33 bits per heavy atom. The average molecular weight is 142 g/mol. The van der Waals surface area contributed by atoms with E-state index in [1.54, 1.807) is 6.92 Å². The summed E-state index contributed by atoms with van der Waals surface area (Å²) in [5, 5.41) is 8.76. The fourth-order valence-corrected chi connectivity index (χ4v) is 0.963. The third-order valence-electron chi connectivity index (χ3n) is 0.656. The molecule has 0 radical (unpaired) electrons. The number of aliphatic hydroxyl groups is 1. The van der Waals surface area contributed by atoms with E-state index in [0.717, 1.165) is 0 Å². The molecule has 9 heavy (non-hydrogen) atoms. The predicted octanol–water partition coefficient (Wildman–Crippen LogP) is 1.25. The van der Waals surface area contributed by atoms with Crippen molar-refractivity contribution in [2.24, 2.45) is 0 Å². The van der Waals surface area contributed by atoms with Gasteiger partial charge in [0.2, 0.25) is 0 Å². The van der Waals surface area contributed by atoms with Crippen LogP contribution in [0.2, 0.25) is 19.6 Å². The van der Waals surface area contributed by atoms with Gasteiger partial charge in [0.1, 0.15) is 14.2 Å². The maximum atomic E-state index is 8.76. The summed E-state index contributed by atoms with van der Waals surface area (Å²) >= 11 is 0. The Morgan fingerprint density at radius 2 is 1.78 bits per heavy atom. The van der Waals surface area contributed by atoms with Gasteiger partial charge in [0.15, 0.2) is 0 Å². The molecule has 0 saturated carbocycles. The lowest BCUT2D eigenvalue weighted by molar-refractivity contribution is 0.253. The van der Waals surface area contributed by atoms with Crippen molar-refractivity contribution in [3.8, 4) is 11.5 Å². The highest BCUT2D eigenvalue weighted by molar-refractivity contribution is 6.83. The van der Waals surface area contributed by atoms with Crippen molar-refractivity contribution in [2.45, 2.75) is 32.7 Å². The number of hydrogen-bond donors (Lipinski definition) is 1. The van der Waals surface area contributed by atoms with E-state index < -0.39 is 14.2 Å². The maximum absolute atomic E-state index is 8.76. The molecule has 1 N–H and O–H groups in total. The van der Waals surface area contributed by atoms with Crippen molar-refractivity contribution in [1.82, 2.24) is 0 Å². The molecule has 0 fully saturated rings. The van der Waals surface area contributed by atoms with Crippen LogP contribution in [0.5, 0.6) is 0 Å². The highest BCUT2D eigenvalue weighted by atomic mass is 28.3. The fraction of sp³-hybridized carbons (Fsp3) is 0.714. The van der Waals surface area contributed by atoms with Gasteiger partial charge in [0.05, 0.1) is 0 Å². The number of rotatable bonds is 0. The van der Waals surface area contributed by atoms with Crippen LogP contribution in [0.25, 0.3) is 0 Å². The SMILES string of the molecule is C[C@@H](O)C#C[Si](C)(C)C. The Labute approximate surface area is 58.1 Å². The molecule has 1 atom stereocenters. The monoisotopic (exact) mass is 142 g/mol. The normalized spacial score (nSPS) is 13.9. The van der Waals surface area contributed by atoms with E-state index >= 15 is 0 Å². The zero-order valence-corrected chi connectivity index (χ0v) is 7.52. The first-order chi connectivity index (χ1) is 3.92. The summed E-state index contributed by atoms with van der Waals surface area (Å²) in [6, 6.07) is 0. The topological polar surface area (TPSA) is 20.2 Å². The lowest BCUT2D eigenvalue weighted by atomic mass is 10.4. The van der Waals surface area contributed by atoms with Gasteiger partial charge in [0.25, 0.3) is 0 Å². The Bertz CT molecular complexity index is 133. The van der Waals surface area contributed by atoms with Crippen molar-refractivity contribution in [1.29, 1.82) is 0 Å². The molecule has 0 heterocycles. The standard InChI is InChI=1S/C7H14OSi/c1-7(8)5-6-9(2,3)4/h7-8H,1-4H3/t7-/m1/s1. The summed E-state index contributed by atoms with van der Waals surface area (Å²) in [7, 11) is -1.24. The van der Waals surface area contributed by atoms with Gasteiger partial charge in [-0.2, -0.15) is 0 Å². The molecule has 0 aromatic carbocycles. The van der Waals surface area contributed by atoms with Crippen LogP contribution < -0.4 is 0 Å². The van der Waals surface area contributed by atoms with Crippen LogP contribution in [-0.2, 0) is 0 Å². The molecule has 0 aliphatic rings. The Balaban J connectivity index is 3.88. The van der Waals surface area contributed by atoms with Crippen molar-refractivity contribution < 1.29 is 5.11 Å². The minimum atomic E-state index is -1.24. The van der Waals surface area contributed by atoms with E-state index in [9.17, 15) is 0 Å². The lowest BCUT2D eigenvalue weighted by Crippen LogP contribution is -2.17. The van der Waals surface area contributed by atoms with Crippen LogP contribution >= 0.6 is 0 Å². The molecule has 0 spiro atoms. The smallest absolute Gasteiger partial charge is 0.129 e. The third-order valence-corrected chi connectivity index (χ3v) is 1.55. The summed E-state index contributed by atoms with van der Waals surface area (Å²) in [6.45, 7) is 8.15. The van der Waals surface area contributed by atoms with Crippen molar-refractivity contribution in [3.63, 3.8) is 0 Å². The van der Waals surface area contributed by atoms with E-state index in [4.69, 9.17) is 5.11 Å². The van der Waals surface area contributed by atoms with Gasteiger partial charge in [-0.15, -0.1) is 5.54 Å². The number of hydrogen-bond acceptors (Lipinski definition) is 1. The van der Waals surface area contributed by atoms with Gasteiger partial charge in [-0.05, 0) is 6.92 Å². The number of aliphatic hydroxyl groups excluding tert-OH is 1. The predicted molar refractivity (Wildman–Crippen MR) is 42.8 cm³/mol. The molecule has 0 aromatic heterocycles. The summed E-state index contributed by atoms with van der Waals surface area (Å²) in [6.07, 6.45) is -0.461. The second-order valence-electron chi connectivity index (χ2n) is 3.20. The van der Waals surface area contributed by atoms with E-state index in [-0.39, 0.29) is 0 Å². The van der Waals surface area contributed by atoms with Gasteiger partial charge in [-0.3, -0.25) is 0 Å². The van der Waals surface area contributed by atoms with E-state index in [1.165, 1.54) is 0 Å². The minimum Gasteiger partial charge on any atom is -0.381 e. The fourth-order valence-electron chi connectivity index (χ4n) is 0.321. The second-order valence-corrected chi connectivity index (χ2v) is 7.95. The van der Waals surface area contributed by atoms with E-state index in [2.05, 4.69) is 31.1 Å². The molecule has 0 unspecified atom stereocenters. The van der Waals surface area contributed by atoms with Crippen molar-refractivity contribution in [3.05, 3.63) is 0 Å². The molecule has 2 heteroatoms. The highest BCUT2D eigenvalue weighted by Gasteiger charge is 2.07.